The zero-order valence-corrected chi connectivity index (χ0v) is 15.5. The van der Waals surface area contributed by atoms with Crippen LogP contribution in [0.4, 0.5) is 0 Å². The van der Waals surface area contributed by atoms with E-state index >= 15 is 0 Å². The molecule has 1 aromatic heterocycles. The van der Waals surface area contributed by atoms with E-state index < -0.39 is 0 Å². The Morgan fingerprint density at radius 1 is 1.00 bits per heavy atom. The molecule has 2 aromatic carbocycles. The third-order valence-electron chi connectivity index (χ3n) is 5.45. The Labute approximate surface area is 155 Å². The average Bonchev–Trinajstić information content (AvgIpc) is 3.01. The van der Waals surface area contributed by atoms with E-state index in [4.69, 9.17) is 0 Å². The van der Waals surface area contributed by atoms with Gasteiger partial charge in [0.15, 0.2) is 0 Å². The van der Waals surface area contributed by atoms with E-state index in [9.17, 15) is 5.11 Å². The van der Waals surface area contributed by atoms with Gasteiger partial charge in [-0.3, -0.25) is 4.90 Å². The molecule has 0 fully saturated rings. The second kappa shape index (κ2) is 7.00. The van der Waals surface area contributed by atoms with E-state index in [0.717, 1.165) is 31.6 Å². The highest BCUT2D eigenvalue weighted by Gasteiger charge is 2.28. The van der Waals surface area contributed by atoms with Gasteiger partial charge in [0.05, 0.1) is 6.04 Å². The Morgan fingerprint density at radius 3 is 2.69 bits per heavy atom. The third-order valence-corrected chi connectivity index (χ3v) is 5.45. The lowest BCUT2D eigenvalue weighted by atomic mass is 9.95. The first-order chi connectivity index (χ1) is 12.6. The molecule has 0 saturated heterocycles. The standard InChI is InChI=1S/C23H26N2O/c1-17-10-11-18(2)20(15-17)23-21-8-5-12-24(21)13-6-14-25(23)16-19-7-3-4-9-22(19)26/h3-5,7-12,15,23,26H,6,13-14,16H2,1-2H3. The molecule has 0 bridgehead atoms. The van der Waals surface area contributed by atoms with E-state index in [1.807, 2.05) is 18.2 Å². The molecule has 0 radical (unpaired) electrons. The second-order valence-electron chi connectivity index (χ2n) is 7.34. The molecule has 134 valence electrons. The van der Waals surface area contributed by atoms with Crippen molar-refractivity contribution in [3.05, 3.63) is 88.7 Å². The molecule has 3 heteroatoms. The smallest absolute Gasteiger partial charge is 0.120 e. The van der Waals surface area contributed by atoms with Crippen LogP contribution in [0.25, 0.3) is 0 Å². The first kappa shape index (κ1) is 16.9. The van der Waals surface area contributed by atoms with Crippen molar-refractivity contribution in [2.75, 3.05) is 6.54 Å². The quantitative estimate of drug-likeness (QED) is 0.737. The number of phenolic OH excluding ortho intramolecular Hbond substituents is 1. The van der Waals surface area contributed by atoms with Gasteiger partial charge in [-0.1, -0.05) is 42.0 Å². The topological polar surface area (TPSA) is 28.4 Å². The third kappa shape index (κ3) is 3.15. The summed E-state index contributed by atoms with van der Waals surface area (Å²) < 4.78 is 2.39. The van der Waals surface area contributed by atoms with Gasteiger partial charge in [-0.2, -0.15) is 0 Å². The summed E-state index contributed by atoms with van der Waals surface area (Å²) in [6.45, 7) is 7.15. The maximum absolute atomic E-state index is 10.3. The minimum atomic E-state index is 0.201. The van der Waals surface area contributed by atoms with E-state index in [0.29, 0.717) is 5.75 Å². The molecule has 4 rings (SSSR count). The van der Waals surface area contributed by atoms with Crippen LogP contribution in [0.1, 0.15) is 40.4 Å². The Morgan fingerprint density at radius 2 is 1.85 bits per heavy atom. The molecule has 1 aliphatic rings. The molecule has 3 aromatic rings. The summed E-state index contributed by atoms with van der Waals surface area (Å²) in [7, 11) is 0. The summed E-state index contributed by atoms with van der Waals surface area (Å²) in [5, 5.41) is 10.3. The molecule has 2 heterocycles. The molecule has 1 atom stereocenters. The first-order valence-electron chi connectivity index (χ1n) is 9.36. The van der Waals surface area contributed by atoms with Gasteiger partial charge in [0, 0.05) is 37.1 Å². The second-order valence-corrected chi connectivity index (χ2v) is 7.34. The van der Waals surface area contributed by atoms with Crippen LogP contribution in [-0.2, 0) is 13.1 Å². The van der Waals surface area contributed by atoms with Crippen molar-refractivity contribution in [1.82, 2.24) is 9.47 Å². The molecule has 3 nitrogen and oxygen atoms in total. The van der Waals surface area contributed by atoms with Crippen molar-refractivity contribution >= 4 is 0 Å². The van der Waals surface area contributed by atoms with E-state index in [1.54, 1.807) is 6.07 Å². The SMILES string of the molecule is Cc1ccc(C)c(C2c3cccn3CCCN2Cc2ccccc2O)c1. The summed E-state index contributed by atoms with van der Waals surface area (Å²) in [6, 6.07) is 19.0. The largest absolute Gasteiger partial charge is 0.508 e. The van der Waals surface area contributed by atoms with E-state index in [2.05, 4.69) is 59.8 Å². The maximum atomic E-state index is 10.3. The highest BCUT2D eigenvalue weighted by atomic mass is 16.3. The summed E-state index contributed by atoms with van der Waals surface area (Å²) in [5.74, 6) is 0.381. The molecule has 0 amide bonds. The highest BCUT2D eigenvalue weighted by Crippen LogP contribution is 2.35. The van der Waals surface area contributed by atoms with Gasteiger partial charge in [0.2, 0.25) is 0 Å². The number of fused-ring (bicyclic) bond motifs is 1. The van der Waals surface area contributed by atoms with Gasteiger partial charge in [-0.15, -0.1) is 0 Å². The van der Waals surface area contributed by atoms with Crippen molar-refractivity contribution in [1.29, 1.82) is 0 Å². The van der Waals surface area contributed by atoms with Crippen molar-refractivity contribution in [3.8, 4) is 5.75 Å². The minimum absolute atomic E-state index is 0.201. The highest BCUT2D eigenvalue weighted by molar-refractivity contribution is 5.39. The number of phenols is 1. The lowest BCUT2D eigenvalue weighted by molar-refractivity contribution is 0.217. The predicted molar refractivity (Wildman–Crippen MR) is 105 cm³/mol. The van der Waals surface area contributed by atoms with Crippen LogP contribution in [0.2, 0.25) is 0 Å². The number of para-hydroxylation sites is 1. The number of aryl methyl sites for hydroxylation is 3. The van der Waals surface area contributed by atoms with Gasteiger partial charge in [-0.25, -0.2) is 0 Å². The van der Waals surface area contributed by atoms with Gasteiger partial charge in [-0.05, 0) is 49.6 Å². The van der Waals surface area contributed by atoms with Crippen molar-refractivity contribution in [2.24, 2.45) is 0 Å². The van der Waals surface area contributed by atoms with Crippen LogP contribution in [0.5, 0.6) is 5.75 Å². The summed E-state index contributed by atoms with van der Waals surface area (Å²) in [4.78, 5) is 2.51. The number of aromatic hydroxyl groups is 1. The number of benzene rings is 2. The summed E-state index contributed by atoms with van der Waals surface area (Å²) in [5.41, 5.74) is 6.30. The number of aromatic nitrogens is 1. The van der Waals surface area contributed by atoms with Crippen molar-refractivity contribution < 1.29 is 5.11 Å². The van der Waals surface area contributed by atoms with Crippen molar-refractivity contribution in [3.63, 3.8) is 0 Å². The zero-order chi connectivity index (χ0) is 18.1. The molecular formula is C23H26N2O. The van der Waals surface area contributed by atoms with Gasteiger partial charge in [0.25, 0.3) is 0 Å². The fraction of sp³-hybridized carbons (Fsp3) is 0.304. The first-order valence-corrected chi connectivity index (χ1v) is 9.36. The van der Waals surface area contributed by atoms with Crippen LogP contribution < -0.4 is 0 Å². The van der Waals surface area contributed by atoms with Gasteiger partial charge < -0.3 is 9.67 Å². The van der Waals surface area contributed by atoms with Crippen LogP contribution in [0.3, 0.4) is 0 Å². The number of hydrogen-bond acceptors (Lipinski definition) is 2. The van der Waals surface area contributed by atoms with Gasteiger partial charge >= 0.3 is 0 Å². The Hall–Kier alpha value is -2.52. The molecule has 0 aliphatic carbocycles. The van der Waals surface area contributed by atoms with Crippen LogP contribution in [0.15, 0.2) is 60.8 Å². The average molecular weight is 346 g/mol. The zero-order valence-electron chi connectivity index (χ0n) is 15.5. The molecular weight excluding hydrogens is 320 g/mol. The predicted octanol–water partition coefficient (Wildman–Crippen LogP) is 4.81. The van der Waals surface area contributed by atoms with E-state index in [1.165, 1.54) is 22.4 Å². The lowest BCUT2D eigenvalue weighted by Crippen LogP contribution is -2.30. The number of nitrogens with zero attached hydrogens (tertiary/aromatic N) is 2. The summed E-state index contributed by atoms with van der Waals surface area (Å²) >= 11 is 0. The molecule has 0 saturated carbocycles. The van der Waals surface area contributed by atoms with Crippen LogP contribution in [-0.4, -0.2) is 21.1 Å². The number of rotatable bonds is 3. The molecule has 26 heavy (non-hydrogen) atoms. The normalized spacial score (nSPS) is 17.7. The van der Waals surface area contributed by atoms with Crippen LogP contribution >= 0.6 is 0 Å². The fourth-order valence-corrected chi connectivity index (χ4v) is 4.08. The monoisotopic (exact) mass is 346 g/mol. The minimum Gasteiger partial charge on any atom is -0.508 e. The fourth-order valence-electron chi connectivity index (χ4n) is 4.08. The summed E-state index contributed by atoms with van der Waals surface area (Å²) in [6.07, 6.45) is 3.30. The number of hydrogen-bond donors (Lipinski definition) is 1. The lowest BCUT2D eigenvalue weighted by Gasteiger charge is -2.32. The Balaban J connectivity index is 1.81. The Bertz CT molecular complexity index is 912. The maximum Gasteiger partial charge on any atom is 0.120 e. The van der Waals surface area contributed by atoms with Crippen molar-refractivity contribution in [2.45, 2.75) is 39.4 Å². The van der Waals surface area contributed by atoms with Crippen LogP contribution in [0, 0.1) is 13.8 Å². The molecule has 1 aliphatic heterocycles. The molecule has 0 spiro atoms. The molecule has 1 N–H and O–H groups in total. The van der Waals surface area contributed by atoms with E-state index in [-0.39, 0.29) is 6.04 Å². The molecule has 1 unspecified atom stereocenters. The van der Waals surface area contributed by atoms with Gasteiger partial charge in [0.1, 0.15) is 5.75 Å². The Kier molecular flexibility index (Phi) is 4.56.